The van der Waals surface area contributed by atoms with Gasteiger partial charge in [-0.3, -0.25) is 9.79 Å². The molecule has 1 aliphatic rings. The predicted octanol–water partition coefficient (Wildman–Crippen LogP) is 3.37. The van der Waals surface area contributed by atoms with Crippen LogP contribution in [0.1, 0.15) is 46.7 Å². The second-order valence-corrected chi connectivity index (χ2v) is 7.65. The fraction of sp³-hybridized carbons (Fsp3) is 0.417. The molecule has 6 nitrogen and oxygen atoms in total. The van der Waals surface area contributed by atoms with E-state index in [1.54, 1.807) is 7.05 Å². The third kappa shape index (κ3) is 7.50. The number of carbonyl (C=O) groups is 1. The number of aliphatic hydroxyl groups excluding tert-OH is 1. The van der Waals surface area contributed by atoms with Crippen LogP contribution in [0.5, 0.6) is 0 Å². The third-order valence-electron chi connectivity index (χ3n) is 5.51. The molecule has 1 aliphatic heterocycles. The van der Waals surface area contributed by atoms with Crippen molar-refractivity contribution in [3.8, 4) is 0 Å². The SMILES string of the molecule is CN=C(NCc1cccc(C(=O)N2CCCCC2)c1)NCC(CO)c1ccccc1.I. The van der Waals surface area contributed by atoms with Crippen LogP contribution in [0.4, 0.5) is 0 Å². The van der Waals surface area contributed by atoms with E-state index in [9.17, 15) is 9.90 Å². The lowest BCUT2D eigenvalue weighted by Gasteiger charge is -2.26. The van der Waals surface area contributed by atoms with Gasteiger partial charge in [-0.1, -0.05) is 42.5 Å². The number of nitrogens with one attached hydrogen (secondary N) is 2. The summed E-state index contributed by atoms with van der Waals surface area (Å²) in [6, 6.07) is 17.7. The number of guanidine groups is 1. The van der Waals surface area contributed by atoms with Crippen molar-refractivity contribution >= 4 is 35.8 Å². The smallest absolute Gasteiger partial charge is 0.253 e. The first-order valence-electron chi connectivity index (χ1n) is 10.7. The molecule has 3 rings (SSSR count). The number of benzene rings is 2. The Bertz CT molecular complexity index is 838. The number of hydrogen-bond acceptors (Lipinski definition) is 3. The highest BCUT2D eigenvalue weighted by Crippen LogP contribution is 2.15. The minimum Gasteiger partial charge on any atom is -0.396 e. The van der Waals surface area contributed by atoms with Crippen LogP contribution in [0.3, 0.4) is 0 Å². The lowest BCUT2D eigenvalue weighted by atomic mass is 10.0. The van der Waals surface area contributed by atoms with Gasteiger partial charge in [-0.25, -0.2) is 0 Å². The van der Waals surface area contributed by atoms with Crippen molar-refractivity contribution in [2.24, 2.45) is 4.99 Å². The molecular weight excluding hydrogens is 503 g/mol. The number of likely N-dealkylation sites (tertiary alicyclic amines) is 1. The minimum atomic E-state index is -0.00441. The van der Waals surface area contributed by atoms with E-state index in [4.69, 9.17) is 0 Å². The number of hydrogen-bond donors (Lipinski definition) is 3. The summed E-state index contributed by atoms with van der Waals surface area (Å²) in [5.74, 6) is 0.778. The Morgan fingerprint density at radius 2 is 1.81 bits per heavy atom. The molecule has 1 fully saturated rings. The van der Waals surface area contributed by atoms with Crippen molar-refractivity contribution in [2.75, 3.05) is 33.3 Å². The van der Waals surface area contributed by atoms with Gasteiger partial charge in [0.2, 0.25) is 0 Å². The fourth-order valence-corrected chi connectivity index (χ4v) is 3.73. The number of nitrogens with zero attached hydrogens (tertiary/aromatic N) is 2. The van der Waals surface area contributed by atoms with E-state index in [-0.39, 0.29) is 42.4 Å². The molecule has 3 N–H and O–H groups in total. The highest BCUT2D eigenvalue weighted by molar-refractivity contribution is 14.0. The van der Waals surface area contributed by atoms with Gasteiger partial charge >= 0.3 is 0 Å². The number of aliphatic hydroxyl groups is 1. The molecule has 0 aromatic heterocycles. The average Bonchev–Trinajstić information content (AvgIpc) is 2.82. The molecule has 1 heterocycles. The van der Waals surface area contributed by atoms with Gasteiger partial charge in [0.05, 0.1) is 6.61 Å². The highest BCUT2D eigenvalue weighted by Gasteiger charge is 2.18. The Hall–Kier alpha value is -2.13. The number of halogens is 1. The molecule has 1 atom stereocenters. The first-order valence-corrected chi connectivity index (χ1v) is 10.7. The van der Waals surface area contributed by atoms with Crippen LogP contribution in [0.25, 0.3) is 0 Å². The average molecular weight is 536 g/mol. The summed E-state index contributed by atoms with van der Waals surface area (Å²) in [4.78, 5) is 19.0. The molecule has 0 aliphatic carbocycles. The topological polar surface area (TPSA) is 77.0 Å². The summed E-state index contributed by atoms with van der Waals surface area (Å²) < 4.78 is 0. The Morgan fingerprint density at radius 3 is 2.48 bits per heavy atom. The van der Waals surface area contributed by atoms with E-state index < -0.39 is 0 Å². The van der Waals surface area contributed by atoms with E-state index in [1.165, 1.54) is 6.42 Å². The summed E-state index contributed by atoms with van der Waals surface area (Å²) in [7, 11) is 1.72. The van der Waals surface area contributed by atoms with Gasteiger partial charge in [0.15, 0.2) is 5.96 Å². The Balaban J connectivity index is 0.00000341. The Labute approximate surface area is 202 Å². The molecule has 31 heavy (non-hydrogen) atoms. The van der Waals surface area contributed by atoms with Crippen molar-refractivity contribution in [1.82, 2.24) is 15.5 Å². The Kier molecular flexibility index (Phi) is 10.8. The standard InChI is InChI=1S/C24H32N4O2.HI/c1-25-24(27-17-22(18-29)20-10-4-2-5-11-20)26-16-19-9-8-12-21(15-19)23(30)28-13-6-3-7-14-28;/h2,4-5,8-12,15,22,29H,3,6-7,13-14,16-18H2,1H3,(H2,25,26,27);1H. The lowest BCUT2D eigenvalue weighted by molar-refractivity contribution is 0.0724. The molecular formula is C24H33IN4O2. The molecule has 2 aromatic carbocycles. The van der Waals surface area contributed by atoms with Gasteiger partial charge in [0.1, 0.15) is 0 Å². The van der Waals surface area contributed by atoms with Crippen molar-refractivity contribution in [3.63, 3.8) is 0 Å². The van der Waals surface area contributed by atoms with Crippen LogP contribution in [0.2, 0.25) is 0 Å². The van der Waals surface area contributed by atoms with Crippen molar-refractivity contribution in [2.45, 2.75) is 31.7 Å². The van der Waals surface area contributed by atoms with E-state index in [0.717, 1.165) is 42.6 Å². The molecule has 1 saturated heterocycles. The van der Waals surface area contributed by atoms with E-state index >= 15 is 0 Å². The Morgan fingerprint density at radius 1 is 1.06 bits per heavy atom. The maximum Gasteiger partial charge on any atom is 0.253 e. The summed E-state index contributed by atoms with van der Waals surface area (Å²) in [5.41, 5.74) is 2.86. The monoisotopic (exact) mass is 536 g/mol. The summed E-state index contributed by atoms with van der Waals surface area (Å²) >= 11 is 0. The van der Waals surface area contributed by atoms with Crippen LogP contribution in [0.15, 0.2) is 59.6 Å². The molecule has 0 saturated carbocycles. The summed E-state index contributed by atoms with van der Waals surface area (Å²) in [6.07, 6.45) is 3.39. The number of piperidine rings is 1. The van der Waals surface area contributed by atoms with Crippen LogP contribution >= 0.6 is 24.0 Å². The molecule has 1 amide bonds. The normalized spacial score (nSPS) is 15.0. The molecule has 7 heteroatoms. The molecule has 0 spiro atoms. The number of carbonyl (C=O) groups excluding carboxylic acids is 1. The first-order chi connectivity index (χ1) is 14.7. The zero-order valence-corrected chi connectivity index (χ0v) is 20.4. The molecule has 0 bridgehead atoms. The number of aliphatic imine (C=N–C) groups is 1. The van der Waals surface area contributed by atoms with E-state index in [1.807, 2.05) is 59.5 Å². The van der Waals surface area contributed by atoms with Gasteiger partial charge in [-0.15, -0.1) is 24.0 Å². The molecule has 2 aromatic rings. The molecule has 0 radical (unpaired) electrons. The van der Waals surface area contributed by atoms with Crippen LogP contribution < -0.4 is 10.6 Å². The quantitative estimate of drug-likeness (QED) is 0.288. The molecule has 168 valence electrons. The summed E-state index contributed by atoms with van der Waals surface area (Å²) in [6.45, 7) is 2.91. The number of amides is 1. The minimum absolute atomic E-state index is 0. The fourth-order valence-electron chi connectivity index (χ4n) is 3.73. The van der Waals surface area contributed by atoms with Crippen LogP contribution in [-0.2, 0) is 6.54 Å². The van der Waals surface area contributed by atoms with Crippen LogP contribution in [-0.4, -0.2) is 55.2 Å². The first kappa shape index (κ1) is 25.1. The summed E-state index contributed by atoms with van der Waals surface area (Å²) in [5, 5.41) is 16.3. The maximum absolute atomic E-state index is 12.7. The van der Waals surface area contributed by atoms with Crippen molar-refractivity contribution < 1.29 is 9.90 Å². The van der Waals surface area contributed by atoms with Gasteiger partial charge in [-0.05, 0) is 42.5 Å². The second kappa shape index (κ2) is 13.3. The zero-order chi connectivity index (χ0) is 21.2. The van der Waals surface area contributed by atoms with Crippen molar-refractivity contribution in [3.05, 3.63) is 71.3 Å². The van der Waals surface area contributed by atoms with Gasteiger partial charge in [0.25, 0.3) is 5.91 Å². The highest BCUT2D eigenvalue weighted by atomic mass is 127. The second-order valence-electron chi connectivity index (χ2n) is 7.65. The van der Waals surface area contributed by atoms with Crippen LogP contribution in [0, 0.1) is 0 Å². The van der Waals surface area contributed by atoms with Crippen molar-refractivity contribution in [1.29, 1.82) is 0 Å². The van der Waals surface area contributed by atoms with Gasteiger partial charge in [-0.2, -0.15) is 0 Å². The largest absolute Gasteiger partial charge is 0.396 e. The van der Waals surface area contributed by atoms with E-state index in [0.29, 0.717) is 19.0 Å². The zero-order valence-electron chi connectivity index (χ0n) is 18.1. The number of rotatable bonds is 7. The lowest BCUT2D eigenvalue weighted by Crippen LogP contribution is -2.39. The predicted molar refractivity (Wildman–Crippen MR) is 136 cm³/mol. The van der Waals surface area contributed by atoms with Gasteiger partial charge in [0, 0.05) is 44.7 Å². The third-order valence-corrected chi connectivity index (χ3v) is 5.51. The molecule has 1 unspecified atom stereocenters. The maximum atomic E-state index is 12.7. The van der Waals surface area contributed by atoms with E-state index in [2.05, 4.69) is 15.6 Å². The van der Waals surface area contributed by atoms with Gasteiger partial charge < -0.3 is 20.6 Å².